The fraction of sp³-hybridized carbons (Fsp3) is 0.333. The van der Waals surface area contributed by atoms with E-state index in [1.165, 1.54) is 4.57 Å². The Balaban J connectivity index is 1.66. The monoisotopic (exact) mass is 619 g/mol. The smallest absolute Gasteiger partial charge is 0.335 e. The highest BCUT2D eigenvalue weighted by molar-refractivity contribution is 6.30. The molecule has 3 N–H and O–H groups in total. The van der Waals surface area contributed by atoms with Crippen LogP contribution >= 0.6 is 11.6 Å². The summed E-state index contributed by atoms with van der Waals surface area (Å²) in [5, 5.41) is 14.0. The highest BCUT2D eigenvalue weighted by Gasteiger charge is 2.23. The number of nitrogens with zero attached hydrogens (tertiary/aromatic N) is 3. The number of amides is 1. The summed E-state index contributed by atoms with van der Waals surface area (Å²) in [4.78, 5) is 47.5. The molecule has 0 fully saturated rings. The highest BCUT2D eigenvalue weighted by Crippen LogP contribution is 2.24. The van der Waals surface area contributed by atoms with E-state index in [1.54, 1.807) is 74.5 Å². The van der Waals surface area contributed by atoms with E-state index in [4.69, 9.17) is 16.3 Å². The van der Waals surface area contributed by atoms with Gasteiger partial charge in [0.25, 0.3) is 0 Å². The Labute approximate surface area is 260 Å². The molecule has 1 aromatic heterocycles. The molecule has 232 valence electrons. The van der Waals surface area contributed by atoms with Gasteiger partial charge in [0.15, 0.2) is 0 Å². The number of aromatic nitrogens is 3. The Bertz CT molecular complexity index is 1780. The van der Waals surface area contributed by atoms with Crippen molar-refractivity contribution in [3.05, 3.63) is 121 Å². The molecule has 0 aliphatic heterocycles. The fourth-order valence-electron chi connectivity index (χ4n) is 4.67. The van der Waals surface area contributed by atoms with Gasteiger partial charge in [-0.05, 0) is 74.7 Å². The van der Waals surface area contributed by atoms with Gasteiger partial charge >= 0.3 is 11.4 Å². The van der Waals surface area contributed by atoms with E-state index < -0.39 is 35.4 Å². The zero-order valence-electron chi connectivity index (χ0n) is 25.5. The average molecular weight is 620 g/mol. The Hall–Kier alpha value is -4.41. The van der Waals surface area contributed by atoms with E-state index in [0.717, 1.165) is 21.4 Å². The van der Waals surface area contributed by atoms with Crippen LogP contribution in [0.3, 0.4) is 0 Å². The number of carbonyl (C=O) groups excluding carboxylic acids is 1. The van der Waals surface area contributed by atoms with Crippen LogP contribution in [-0.4, -0.2) is 37.3 Å². The number of ether oxygens (including phenoxy) is 1. The van der Waals surface area contributed by atoms with Crippen LogP contribution < -0.4 is 27.1 Å². The van der Waals surface area contributed by atoms with Gasteiger partial charge in [-0.15, -0.1) is 0 Å². The molecule has 1 amide bonds. The second kappa shape index (κ2) is 14.4. The van der Waals surface area contributed by atoms with Gasteiger partial charge in [-0.3, -0.25) is 14.3 Å². The summed E-state index contributed by atoms with van der Waals surface area (Å²) in [5.74, 6) is -0.451. The number of halogens is 1. The third kappa shape index (κ3) is 8.15. The van der Waals surface area contributed by atoms with Crippen molar-refractivity contribution in [3.8, 4) is 5.75 Å². The first-order chi connectivity index (χ1) is 20.9. The summed E-state index contributed by atoms with van der Waals surface area (Å²) in [7, 11) is 0. The molecule has 4 rings (SSSR count). The molecule has 11 heteroatoms. The third-order valence-electron chi connectivity index (χ3n) is 7.08. The SMILES string of the molecule is Cc1cc(/N=c2\[nH]c(=O)n(C[C@@H](C)C(=O)N[C@H](C)[C@@H](O)c3ccccc3)c(=O)n2Cc2ccc(Cl)cc2)ccc1OC(C)C. The second-order valence-corrected chi connectivity index (χ2v) is 11.6. The lowest BCUT2D eigenvalue weighted by Crippen LogP contribution is -2.51. The molecular weight excluding hydrogens is 582 g/mol. The summed E-state index contributed by atoms with van der Waals surface area (Å²) in [5.41, 5.74) is 1.53. The van der Waals surface area contributed by atoms with Crippen LogP contribution in [-0.2, 0) is 17.9 Å². The van der Waals surface area contributed by atoms with Gasteiger partial charge in [-0.2, -0.15) is 0 Å². The van der Waals surface area contributed by atoms with Gasteiger partial charge in [0.1, 0.15) is 5.75 Å². The number of aryl methyl sites for hydroxylation is 1. The molecule has 3 aromatic carbocycles. The molecule has 0 saturated heterocycles. The maximum Gasteiger partial charge on any atom is 0.335 e. The molecule has 3 atom stereocenters. The number of carbonyl (C=O) groups is 1. The number of hydrogen-bond donors (Lipinski definition) is 3. The summed E-state index contributed by atoms with van der Waals surface area (Å²) >= 11 is 6.06. The maximum absolute atomic E-state index is 13.8. The molecular formula is C33H38ClN5O5. The van der Waals surface area contributed by atoms with Crippen LogP contribution in [0.1, 0.15) is 50.5 Å². The van der Waals surface area contributed by atoms with Crippen LogP contribution in [0.25, 0.3) is 0 Å². The van der Waals surface area contributed by atoms with E-state index in [2.05, 4.69) is 15.3 Å². The predicted molar refractivity (Wildman–Crippen MR) is 170 cm³/mol. The molecule has 0 unspecified atom stereocenters. The largest absolute Gasteiger partial charge is 0.491 e. The summed E-state index contributed by atoms with van der Waals surface area (Å²) in [6, 6.07) is 20.8. The molecule has 4 aromatic rings. The number of H-pyrrole nitrogens is 1. The molecule has 0 spiro atoms. The second-order valence-electron chi connectivity index (χ2n) is 11.1. The number of aliphatic hydroxyl groups excluding tert-OH is 1. The van der Waals surface area contributed by atoms with Crippen LogP contribution in [0.2, 0.25) is 5.02 Å². The molecule has 44 heavy (non-hydrogen) atoms. The van der Waals surface area contributed by atoms with Gasteiger partial charge in [0, 0.05) is 11.6 Å². The Morgan fingerprint density at radius 2 is 1.68 bits per heavy atom. The lowest BCUT2D eigenvalue weighted by atomic mass is 10.0. The number of nitrogens with one attached hydrogen (secondary N) is 2. The average Bonchev–Trinajstić information content (AvgIpc) is 2.99. The van der Waals surface area contributed by atoms with E-state index in [9.17, 15) is 19.5 Å². The Morgan fingerprint density at radius 1 is 1.00 bits per heavy atom. The van der Waals surface area contributed by atoms with Crippen molar-refractivity contribution in [2.45, 2.75) is 66.0 Å². The zero-order chi connectivity index (χ0) is 32.0. The first-order valence-electron chi connectivity index (χ1n) is 14.5. The Morgan fingerprint density at radius 3 is 2.32 bits per heavy atom. The van der Waals surface area contributed by atoms with Crippen molar-refractivity contribution in [1.29, 1.82) is 0 Å². The van der Waals surface area contributed by atoms with Gasteiger partial charge < -0.3 is 15.2 Å². The number of aliphatic hydroxyl groups is 1. The number of benzene rings is 3. The van der Waals surface area contributed by atoms with Crippen molar-refractivity contribution in [3.63, 3.8) is 0 Å². The first-order valence-corrected chi connectivity index (χ1v) is 14.8. The molecule has 0 aliphatic rings. The van der Waals surface area contributed by atoms with Crippen LogP contribution in [0.5, 0.6) is 5.75 Å². The minimum Gasteiger partial charge on any atom is -0.491 e. The van der Waals surface area contributed by atoms with Gasteiger partial charge in [0.2, 0.25) is 11.5 Å². The first kappa shape index (κ1) is 32.5. The lowest BCUT2D eigenvalue weighted by molar-refractivity contribution is -0.126. The molecule has 1 heterocycles. The van der Waals surface area contributed by atoms with Crippen molar-refractivity contribution in [1.82, 2.24) is 19.4 Å². The molecule has 10 nitrogen and oxygen atoms in total. The number of rotatable bonds is 11. The quantitative estimate of drug-likeness (QED) is 0.231. The normalized spacial score (nSPS) is 13.9. The van der Waals surface area contributed by atoms with E-state index >= 15 is 0 Å². The standard InChI is InChI=1S/C33H38ClN5O5/c1-20(2)44-28-16-15-27(17-21(28)3)36-31-37-32(42)39(33(43)38(31)19-24-11-13-26(34)14-12-24)18-22(4)30(41)35-23(5)29(40)25-9-7-6-8-10-25/h6-17,20,22-23,29,40H,18-19H2,1-5H3,(H,35,41)(H,36,37,42)/t22-,23-,29-/m1/s1. The Kier molecular flexibility index (Phi) is 10.6. The maximum atomic E-state index is 13.8. The lowest BCUT2D eigenvalue weighted by Gasteiger charge is -2.23. The molecule has 0 saturated carbocycles. The van der Waals surface area contributed by atoms with Gasteiger partial charge in [0.05, 0.1) is 36.4 Å². The summed E-state index contributed by atoms with van der Waals surface area (Å²) in [6.07, 6.45) is -0.917. The van der Waals surface area contributed by atoms with Crippen molar-refractivity contribution in [2.75, 3.05) is 0 Å². The minimum absolute atomic E-state index is 0.00332. The van der Waals surface area contributed by atoms with E-state index in [0.29, 0.717) is 16.3 Å². The summed E-state index contributed by atoms with van der Waals surface area (Å²) < 4.78 is 8.16. The zero-order valence-corrected chi connectivity index (χ0v) is 26.2. The van der Waals surface area contributed by atoms with Crippen LogP contribution in [0, 0.1) is 12.8 Å². The fourth-order valence-corrected chi connectivity index (χ4v) is 4.80. The molecule has 0 radical (unpaired) electrons. The van der Waals surface area contributed by atoms with Gasteiger partial charge in [-0.25, -0.2) is 19.1 Å². The number of aromatic amines is 1. The molecule has 0 aliphatic carbocycles. The van der Waals surface area contributed by atoms with Crippen molar-refractivity contribution >= 4 is 23.2 Å². The summed E-state index contributed by atoms with van der Waals surface area (Å²) in [6.45, 7) is 9.00. The van der Waals surface area contributed by atoms with Crippen LogP contribution in [0.4, 0.5) is 5.69 Å². The van der Waals surface area contributed by atoms with Crippen molar-refractivity contribution < 1.29 is 14.6 Å². The third-order valence-corrected chi connectivity index (χ3v) is 7.33. The van der Waals surface area contributed by atoms with Gasteiger partial charge in [-0.1, -0.05) is 61.0 Å². The number of hydrogen-bond acceptors (Lipinski definition) is 6. The molecule has 0 bridgehead atoms. The van der Waals surface area contributed by atoms with Crippen molar-refractivity contribution in [2.24, 2.45) is 10.9 Å². The predicted octanol–water partition coefficient (Wildman–Crippen LogP) is 4.24. The minimum atomic E-state index is -0.921. The van der Waals surface area contributed by atoms with E-state index in [1.807, 2.05) is 32.9 Å². The highest BCUT2D eigenvalue weighted by atomic mass is 35.5. The van der Waals surface area contributed by atoms with Crippen LogP contribution in [0.15, 0.2) is 87.4 Å². The topological polar surface area (TPSA) is 131 Å². The van der Waals surface area contributed by atoms with E-state index in [-0.39, 0.29) is 24.8 Å².